The fraction of sp³-hybridized carbons (Fsp3) is 0.853. The molecule has 37 nitrogen and oxygen atoms in total. The summed E-state index contributed by atoms with van der Waals surface area (Å²) in [6, 6.07) is -2.67. The third kappa shape index (κ3) is 42.8. The third-order valence-electron chi connectivity index (χ3n) is 21.4. The number of hydrogen-bond acceptors (Lipinski definition) is 29. The van der Waals surface area contributed by atoms with Crippen LogP contribution in [0.25, 0.3) is 0 Å². The minimum absolute atomic E-state index is 0.0509. The average Bonchev–Trinajstić information content (AvgIpc) is 1.30. The van der Waals surface area contributed by atoms with Gasteiger partial charge >= 0.3 is 47.8 Å². The highest BCUT2D eigenvalue weighted by atomic mass is 16.5. The molecule has 12 fully saturated rings. The molecule has 13 aliphatic rings. The number of carboxylic acids is 8. The first-order valence-corrected chi connectivity index (χ1v) is 39.0. The normalized spacial score (nSPS) is 29.4. The highest BCUT2D eigenvalue weighted by Crippen LogP contribution is 2.20. The monoisotopic (exact) mass is 1610 g/mol. The number of carboxylic acid groups (broad SMARTS) is 8. The number of ether oxygens (including phenoxy) is 3. The molecule has 12 unspecified atom stereocenters. The van der Waals surface area contributed by atoms with Crippen LogP contribution < -0.4 is 0 Å². The van der Waals surface area contributed by atoms with Crippen LogP contribution >= 0.6 is 0 Å². The van der Waals surface area contributed by atoms with E-state index in [0.29, 0.717) is 57.3 Å². The van der Waals surface area contributed by atoms with Gasteiger partial charge in [0, 0.05) is 125 Å². The number of likely N-dealkylation sites (tertiary alicyclic amines) is 11. The number of rotatable bonds is 10. The van der Waals surface area contributed by atoms with Crippen molar-refractivity contribution < 1.29 is 119 Å². The summed E-state index contributed by atoms with van der Waals surface area (Å²) in [5, 5.41) is 104. The molecule has 112 heavy (non-hydrogen) atoms. The molecule has 0 aromatic heterocycles. The van der Waals surface area contributed by atoms with Crippen LogP contribution in [-0.4, -0.2) is 488 Å². The number of hydrogen-bond donors (Lipinski definition) is 12. The van der Waals surface area contributed by atoms with Crippen molar-refractivity contribution in [3.05, 3.63) is 12.2 Å². The second-order valence-electron chi connectivity index (χ2n) is 31.0. The summed E-state index contributed by atoms with van der Waals surface area (Å²) in [5.41, 5.74) is 0. The fourth-order valence-corrected chi connectivity index (χ4v) is 13.5. The lowest BCUT2D eigenvalue weighted by Crippen LogP contribution is -2.49. The number of carbonyl (C=O) groups excluding carboxylic acids is 1. The number of aliphatic carboxylic acids is 8. The molecule has 652 valence electrons. The first-order valence-electron chi connectivity index (χ1n) is 39.0. The second kappa shape index (κ2) is 56.6. The SMILES string of the molecule is CN1CC(O)CC1C(=O)O.CN1CC=CC1C(=O)O.CN1CCC(=O)CC1.CN1CCC(C(=O)O)C1.CN1CCC(O)C1.CN1CCC(O)C1C(=O)O.CN1CCC1C(=O)O.CN1CCCC1C(=O)O.CN1CCCC1O.CN1CCCCC1C(=O)O.CN1COCC1C(=O)O.COC1CCN(C)CC1.COC1CN(C)C1. The molecule has 13 rings (SSSR count). The number of likely N-dealkylation sites (N-methyl/N-ethyl adjacent to an activating group) is 9. The molecule has 13 aliphatic heterocycles. The minimum Gasteiger partial charge on any atom is -0.481 e. The van der Waals surface area contributed by atoms with E-state index in [0.717, 1.165) is 162 Å². The van der Waals surface area contributed by atoms with Crippen LogP contribution in [0.3, 0.4) is 0 Å². The molecule has 13 heterocycles. The Labute approximate surface area is 663 Å². The number of nitrogens with zero attached hydrogens (tertiary/aromatic N) is 13. The van der Waals surface area contributed by atoms with Gasteiger partial charge in [0.15, 0.2) is 0 Å². The maximum Gasteiger partial charge on any atom is 0.324 e. The van der Waals surface area contributed by atoms with Crippen LogP contribution in [0.15, 0.2) is 12.2 Å². The molecule has 12 saturated heterocycles. The van der Waals surface area contributed by atoms with Crippen LogP contribution in [0.5, 0.6) is 0 Å². The number of methoxy groups -OCH3 is 2. The highest BCUT2D eigenvalue weighted by Gasteiger charge is 2.37. The Bertz CT molecular complexity index is 2660. The van der Waals surface area contributed by atoms with Crippen molar-refractivity contribution in [1.29, 1.82) is 0 Å². The van der Waals surface area contributed by atoms with Gasteiger partial charge in [0.2, 0.25) is 0 Å². The van der Waals surface area contributed by atoms with Crippen LogP contribution in [0.2, 0.25) is 0 Å². The number of carbonyl (C=O) groups is 9. The summed E-state index contributed by atoms with van der Waals surface area (Å²) >= 11 is 0. The Hall–Kier alpha value is -5.63. The number of β-amino-alcohol motifs (C(OH)–C–C–N with tert-alkyl or cyclic N) is 2. The summed E-state index contributed by atoms with van der Waals surface area (Å²) in [6.07, 6.45) is 17.6. The van der Waals surface area contributed by atoms with Crippen molar-refractivity contribution in [2.75, 3.05) is 230 Å². The standard InChI is InChI=1S/C7H13NO2.C7H15NO.2C6H11NO3.2C6H11NO2.C6H9NO2.C6H11NO.C5H9NO3.C5H9NO2.3C5H11NO/c1-8-5-3-2-4-6(8)7(9)10;1-8-5-3-7(9-2)4-6-8;1-7-3-4(8)2-5(7)6(9)10;1-7-3-2-4(8)5(7)6(9)10;1-7-3-2-5(4-7)6(8)9;2*1-7-4-2-3-5(7)6(8)9;1-7-4-2-6(8)3-5-7;1-6-3-9-2-4(6)5(7)8;1-6-3-2-4(6)5(7)8;1-6-3-5(4-6)7-2;1-6-3-2-5(7)4-6;1-6-4-2-3-5(6)7/h6H,2-5H2,1H3,(H,9,10);7H,3-6H2,1-2H3;2*4-5,8H,2-3H2,1H3,(H,9,10);2*5H,2-4H2,1H3,(H,8,9);2-3,5H,4H2,1H3,(H,8,9);2-5H2,1H3;4H,2-3H2,1H3,(H,7,8);4H,2-3H2,1H3,(H,7,8);5H,3-4H2,1-2H3;2*5,7H,2-4H2,1H3. The molecule has 0 aliphatic carbocycles. The van der Waals surface area contributed by atoms with Gasteiger partial charge in [0.25, 0.3) is 0 Å². The smallest absolute Gasteiger partial charge is 0.324 e. The minimum atomic E-state index is -0.937. The van der Waals surface area contributed by atoms with Crippen molar-refractivity contribution >= 4 is 53.5 Å². The van der Waals surface area contributed by atoms with Crippen LogP contribution in [0.4, 0.5) is 0 Å². The van der Waals surface area contributed by atoms with Crippen molar-refractivity contribution in [2.45, 2.75) is 182 Å². The topological polar surface area (TPSA) is 466 Å². The van der Waals surface area contributed by atoms with Gasteiger partial charge in [-0.3, -0.25) is 82.4 Å². The second-order valence-corrected chi connectivity index (χ2v) is 31.0. The van der Waals surface area contributed by atoms with Crippen molar-refractivity contribution in [1.82, 2.24) is 63.7 Å². The Morgan fingerprint density at radius 3 is 1.08 bits per heavy atom. The predicted octanol–water partition coefficient (Wildman–Crippen LogP) is -1.24. The average molecular weight is 1610 g/mol. The quantitative estimate of drug-likeness (QED) is 0.114. The Morgan fingerprint density at radius 1 is 0.375 bits per heavy atom. The molecule has 12 atom stereocenters. The molecule has 37 heteroatoms. The number of ketones is 1. The lowest BCUT2D eigenvalue weighted by molar-refractivity contribution is -0.147. The molecule has 0 bridgehead atoms. The van der Waals surface area contributed by atoms with Gasteiger partial charge in [0.05, 0.1) is 49.8 Å². The van der Waals surface area contributed by atoms with Gasteiger partial charge in [0.1, 0.15) is 54.3 Å². The molecule has 0 amide bonds. The first-order chi connectivity index (χ1) is 52.5. The van der Waals surface area contributed by atoms with Crippen LogP contribution in [-0.2, 0) is 57.4 Å². The first kappa shape index (κ1) is 104. The lowest BCUT2D eigenvalue weighted by atomic mass is 10.0. The van der Waals surface area contributed by atoms with Gasteiger partial charge in [-0.15, -0.1) is 0 Å². The number of piperidine rings is 3. The molecule has 0 saturated carbocycles. The van der Waals surface area contributed by atoms with E-state index in [4.69, 9.17) is 75.5 Å². The van der Waals surface area contributed by atoms with E-state index in [1.165, 1.54) is 25.9 Å². The number of aliphatic hydroxyl groups is 4. The van der Waals surface area contributed by atoms with Crippen molar-refractivity contribution in [3.8, 4) is 0 Å². The summed E-state index contributed by atoms with van der Waals surface area (Å²) in [4.78, 5) is 119. The van der Waals surface area contributed by atoms with E-state index >= 15 is 0 Å². The summed E-state index contributed by atoms with van der Waals surface area (Å²) in [6.45, 7) is 16.5. The van der Waals surface area contributed by atoms with Crippen LogP contribution in [0.1, 0.15) is 103 Å². The van der Waals surface area contributed by atoms with Crippen molar-refractivity contribution in [3.63, 3.8) is 0 Å². The van der Waals surface area contributed by atoms with Gasteiger partial charge in [-0.25, -0.2) is 0 Å². The third-order valence-corrected chi connectivity index (χ3v) is 21.4. The van der Waals surface area contributed by atoms with E-state index in [2.05, 4.69) is 33.7 Å². The molecular weight excluding hydrogens is 1470 g/mol. The van der Waals surface area contributed by atoms with Gasteiger partial charge in [-0.2, -0.15) is 0 Å². The van der Waals surface area contributed by atoms with Gasteiger partial charge in [-0.05, 0) is 188 Å². The summed E-state index contributed by atoms with van der Waals surface area (Å²) in [7, 11) is 28.2. The summed E-state index contributed by atoms with van der Waals surface area (Å²) < 4.78 is 15.1. The molecular formula is C75H143N13O24. The molecule has 12 N–H and O–H groups in total. The van der Waals surface area contributed by atoms with Crippen LogP contribution in [0, 0.1) is 5.92 Å². The summed E-state index contributed by atoms with van der Waals surface area (Å²) in [5.74, 6) is -5.78. The van der Waals surface area contributed by atoms with E-state index in [1.807, 2.05) is 79.9 Å². The highest BCUT2D eigenvalue weighted by molar-refractivity contribution is 5.79. The predicted molar refractivity (Wildman–Crippen MR) is 419 cm³/mol. The molecule has 0 aromatic rings. The maximum atomic E-state index is 10.6. The molecule has 0 spiro atoms. The van der Waals surface area contributed by atoms with Crippen molar-refractivity contribution in [2.24, 2.45) is 5.92 Å². The zero-order chi connectivity index (χ0) is 85.1. The zero-order valence-corrected chi connectivity index (χ0v) is 69.6. The lowest BCUT2D eigenvalue weighted by Gasteiger charge is -2.34. The zero-order valence-electron chi connectivity index (χ0n) is 69.6. The maximum absolute atomic E-state index is 10.6. The van der Waals surface area contributed by atoms with E-state index in [9.17, 15) is 43.2 Å². The fourth-order valence-electron chi connectivity index (χ4n) is 13.5. The van der Waals surface area contributed by atoms with E-state index in [1.54, 1.807) is 68.1 Å². The molecule has 0 radical (unpaired) electrons. The largest absolute Gasteiger partial charge is 0.481 e. The Balaban J connectivity index is 0.000000608. The number of aliphatic hydroxyl groups excluding tert-OH is 4. The van der Waals surface area contributed by atoms with Gasteiger partial charge < -0.3 is 100.0 Å². The Kier molecular flexibility index (Phi) is 52.8. The van der Waals surface area contributed by atoms with Gasteiger partial charge in [-0.1, -0.05) is 18.6 Å². The Morgan fingerprint density at radius 2 is 0.848 bits per heavy atom. The number of Topliss-reactive ketones (excluding diaryl/α,β-unsaturated/α-hetero) is 1. The molecule has 0 aromatic carbocycles. The van der Waals surface area contributed by atoms with E-state index < -0.39 is 84.1 Å². The van der Waals surface area contributed by atoms with E-state index in [-0.39, 0.29) is 36.4 Å².